The van der Waals surface area contributed by atoms with Crippen molar-refractivity contribution in [2.75, 3.05) is 6.54 Å². The summed E-state index contributed by atoms with van der Waals surface area (Å²) in [5.41, 5.74) is 1.17. The third-order valence-corrected chi connectivity index (χ3v) is 3.72. The van der Waals surface area contributed by atoms with Crippen LogP contribution in [0.4, 0.5) is 0 Å². The molecule has 1 aromatic heterocycles. The van der Waals surface area contributed by atoms with Crippen LogP contribution < -0.4 is 10.6 Å². The predicted molar refractivity (Wildman–Crippen MR) is 95.9 cm³/mol. The van der Waals surface area contributed by atoms with Gasteiger partial charge < -0.3 is 10.6 Å². The second-order valence-corrected chi connectivity index (χ2v) is 6.28. The molecular formula is C19H24N4O2. The molecule has 0 aliphatic carbocycles. The number of benzene rings is 1. The highest BCUT2D eigenvalue weighted by Gasteiger charge is 2.22. The monoisotopic (exact) mass is 340 g/mol. The van der Waals surface area contributed by atoms with Gasteiger partial charge in [-0.2, -0.15) is 0 Å². The van der Waals surface area contributed by atoms with Crippen molar-refractivity contribution in [3.05, 3.63) is 60.2 Å². The molecule has 1 atom stereocenters. The van der Waals surface area contributed by atoms with E-state index in [1.807, 2.05) is 30.3 Å². The van der Waals surface area contributed by atoms with Crippen LogP contribution in [-0.2, 0) is 11.2 Å². The van der Waals surface area contributed by atoms with Gasteiger partial charge >= 0.3 is 0 Å². The first-order valence-corrected chi connectivity index (χ1v) is 8.44. The van der Waals surface area contributed by atoms with Gasteiger partial charge in [0.05, 0.1) is 6.20 Å². The number of hydrogen-bond donors (Lipinski definition) is 2. The Morgan fingerprint density at radius 1 is 1.12 bits per heavy atom. The average Bonchev–Trinajstić information content (AvgIpc) is 2.62. The molecule has 0 fully saturated rings. The van der Waals surface area contributed by atoms with E-state index in [9.17, 15) is 9.59 Å². The molecule has 0 bridgehead atoms. The minimum Gasteiger partial charge on any atom is -0.354 e. The molecule has 0 aliphatic rings. The number of nitrogens with one attached hydrogen (secondary N) is 2. The van der Waals surface area contributed by atoms with E-state index in [4.69, 9.17) is 0 Å². The maximum atomic E-state index is 12.5. The van der Waals surface area contributed by atoms with Crippen LogP contribution in [0.15, 0.2) is 48.9 Å². The van der Waals surface area contributed by atoms with Crippen LogP contribution in [0.1, 0.15) is 36.3 Å². The number of carbonyl (C=O) groups excluding carboxylic acids is 2. The molecule has 0 saturated carbocycles. The first kappa shape index (κ1) is 18.6. The molecule has 2 N–H and O–H groups in total. The van der Waals surface area contributed by atoms with E-state index in [2.05, 4.69) is 34.4 Å². The number of aromatic nitrogens is 2. The van der Waals surface area contributed by atoms with Crippen molar-refractivity contribution in [1.29, 1.82) is 0 Å². The highest BCUT2D eigenvalue weighted by molar-refractivity contribution is 5.95. The van der Waals surface area contributed by atoms with Crippen molar-refractivity contribution in [1.82, 2.24) is 20.6 Å². The molecule has 2 amide bonds. The van der Waals surface area contributed by atoms with Crippen LogP contribution in [0.5, 0.6) is 0 Å². The molecule has 1 aromatic carbocycles. The third kappa shape index (κ3) is 6.33. The maximum Gasteiger partial charge on any atom is 0.272 e. The van der Waals surface area contributed by atoms with Crippen LogP contribution in [-0.4, -0.2) is 34.4 Å². The lowest BCUT2D eigenvalue weighted by atomic mass is 10.0. The normalized spacial score (nSPS) is 11.8. The quantitative estimate of drug-likeness (QED) is 0.770. The van der Waals surface area contributed by atoms with Gasteiger partial charge in [0, 0.05) is 25.4 Å². The Kier molecular flexibility index (Phi) is 7.07. The van der Waals surface area contributed by atoms with Gasteiger partial charge in [-0.3, -0.25) is 14.6 Å². The van der Waals surface area contributed by atoms with E-state index in [0.29, 0.717) is 18.9 Å². The van der Waals surface area contributed by atoms with Gasteiger partial charge in [0.1, 0.15) is 11.7 Å². The van der Waals surface area contributed by atoms with E-state index >= 15 is 0 Å². The molecular weight excluding hydrogens is 316 g/mol. The number of rotatable bonds is 8. The van der Waals surface area contributed by atoms with Gasteiger partial charge in [0.25, 0.3) is 5.91 Å². The average molecular weight is 340 g/mol. The van der Waals surface area contributed by atoms with Crippen LogP contribution in [0, 0.1) is 5.92 Å². The zero-order valence-electron chi connectivity index (χ0n) is 14.6. The SMILES string of the molecule is CC(C)CCNC(=O)C(Cc1ccccc1)NC(=O)c1cnccn1. The molecule has 2 aromatic rings. The van der Waals surface area contributed by atoms with Crippen LogP contribution in [0.3, 0.4) is 0 Å². The maximum absolute atomic E-state index is 12.5. The summed E-state index contributed by atoms with van der Waals surface area (Å²) >= 11 is 0. The largest absolute Gasteiger partial charge is 0.354 e. The minimum absolute atomic E-state index is 0.190. The van der Waals surface area contributed by atoms with Gasteiger partial charge in [0.15, 0.2) is 0 Å². The molecule has 0 saturated heterocycles. The van der Waals surface area contributed by atoms with E-state index in [0.717, 1.165) is 12.0 Å². The smallest absolute Gasteiger partial charge is 0.272 e. The van der Waals surface area contributed by atoms with Crippen LogP contribution >= 0.6 is 0 Å². The Balaban J connectivity index is 2.05. The molecule has 0 aliphatic heterocycles. The Bertz CT molecular complexity index is 674. The molecule has 6 heteroatoms. The summed E-state index contributed by atoms with van der Waals surface area (Å²) in [6, 6.07) is 8.94. The summed E-state index contributed by atoms with van der Waals surface area (Å²) in [4.78, 5) is 32.7. The topological polar surface area (TPSA) is 84.0 Å². The Morgan fingerprint density at radius 3 is 2.52 bits per heavy atom. The first-order chi connectivity index (χ1) is 12.1. The Labute approximate surface area is 148 Å². The number of nitrogens with zero attached hydrogens (tertiary/aromatic N) is 2. The summed E-state index contributed by atoms with van der Waals surface area (Å²) in [7, 11) is 0. The molecule has 1 unspecified atom stereocenters. The highest BCUT2D eigenvalue weighted by Crippen LogP contribution is 2.05. The first-order valence-electron chi connectivity index (χ1n) is 8.44. The van der Waals surface area contributed by atoms with Gasteiger partial charge in [-0.1, -0.05) is 44.2 Å². The summed E-state index contributed by atoms with van der Waals surface area (Å²) in [6.07, 6.45) is 5.63. The molecule has 25 heavy (non-hydrogen) atoms. The fourth-order valence-corrected chi connectivity index (χ4v) is 2.31. The highest BCUT2D eigenvalue weighted by atomic mass is 16.2. The van der Waals surface area contributed by atoms with Crippen molar-refractivity contribution in [2.45, 2.75) is 32.7 Å². The second kappa shape index (κ2) is 9.52. The standard InChI is InChI=1S/C19H24N4O2/c1-14(2)8-9-22-18(24)16(12-15-6-4-3-5-7-15)23-19(25)17-13-20-10-11-21-17/h3-7,10-11,13-14,16H,8-9,12H2,1-2H3,(H,22,24)(H,23,25). The van der Waals surface area contributed by atoms with Crippen LogP contribution in [0.2, 0.25) is 0 Å². The summed E-state index contributed by atoms with van der Waals surface area (Å²) in [5.74, 6) is -0.100. The lowest BCUT2D eigenvalue weighted by Gasteiger charge is -2.19. The third-order valence-electron chi connectivity index (χ3n) is 3.72. The van der Waals surface area contributed by atoms with Crippen molar-refractivity contribution < 1.29 is 9.59 Å². The van der Waals surface area contributed by atoms with E-state index in [1.165, 1.54) is 18.6 Å². The molecule has 1 heterocycles. The zero-order chi connectivity index (χ0) is 18.1. The number of amides is 2. The number of carbonyl (C=O) groups is 2. The second-order valence-electron chi connectivity index (χ2n) is 6.28. The molecule has 0 spiro atoms. The van der Waals surface area contributed by atoms with Crippen molar-refractivity contribution >= 4 is 11.8 Å². The number of hydrogen-bond acceptors (Lipinski definition) is 4. The van der Waals surface area contributed by atoms with Crippen molar-refractivity contribution in [3.63, 3.8) is 0 Å². The van der Waals surface area contributed by atoms with Crippen LogP contribution in [0.25, 0.3) is 0 Å². The lowest BCUT2D eigenvalue weighted by molar-refractivity contribution is -0.123. The van der Waals surface area contributed by atoms with Crippen molar-refractivity contribution in [2.24, 2.45) is 5.92 Å². The van der Waals surface area contributed by atoms with Gasteiger partial charge in [-0.15, -0.1) is 0 Å². The zero-order valence-corrected chi connectivity index (χ0v) is 14.6. The summed E-state index contributed by atoms with van der Waals surface area (Å²) in [6.45, 7) is 4.79. The molecule has 6 nitrogen and oxygen atoms in total. The fraction of sp³-hybridized carbons (Fsp3) is 0.368. The Hall–Kier alpha value is -2.76. The van der Waals surface area contributed by atoms with E-state index in [1.54, 1.807) is 0 Å². The molecule has 2 rings (SSSR count). The van der Waals surface area contributed by atoms with Gasteiger partial charge in [0.2, 0.25) is 5.91 Å². The van der Waals surface area contributed by atoms with E-state index < -0.39 is 11.9 Å². The van der Waals surface area contributed by atoms with Crippen molar-refractivity contribution in [3.8, 4) is 0 Å². The predicted octanol–water partition coefficient (Wildman–Crippen LogP) is 1.98. The molecule has 132 valence electrons. The minimum atomic E-state index is -0.663. The van der Waals surface area contributed by atoms with Gasteiger partial charge in [-0.05, 0) is 17.9 Å². The Morgan fingerprint density at radius 2 is 1.88 bits per heavy atom. The van der Waals surface area contributed by atoms with Gasteiger partial charge in [-0.25, -0.2) is 4.98 Å². The lowest BCUT2D eigenvalue weighted by Crippen LogP contribution is -2.48. The molecule has 0 radical (unpaired) electrons. The van der Waals surface area contributed by atoms with E-state index in [-0.39, 0.29) is 11.6 Å². The summed E-state index contributed by atoms with van der Waals surface area (Å²) < 4.78 is 0. The summed E-state index contributed by atoms with van der Waals surface area (Å²) in [5, 5.41) is 5.67. The fourth-order valence-electron chi connectivity index (χ4n) is 2.31.